The Kier molecular flexibility index (Phi) is 3.78. The smallest absolute Gasteiger partial charge is 0.310 e. The first-order valence-electron chi connectivity index (χ1n) is 4.06. The number of aryl methyl sites for hydroxylation is 1. The van der Waals surface area contributed by atoms with Crippen LogP contribution in [-0.4, -0.2) is 13.1 Å². The summed E-state index contributed by atoms with van der Waals surface area (Å²) in [5.41, 5.74) is 1.58. The fourth-order valence-corrected chi connectivity index (χ4v) is 1.84. The van der Waals surface area contributed by atoms with Gasteiger partial charge >= 0.3 is 5.97 Å². The summed E-state index contributed by atoms with van der Waals surface area (Å²) >= 11 is 11.9. The molecule has 0 atom stereocenters. The highest BCUT2D eigenvalue weighted by Gasteiger charge is 2.11. The van der Waals surface area contributed by atoms with Crippen molar-refractivity contribution in [1.82, 2.24) is 0 Å². The predicted octanol–water partition coefficient (Wildman–Crippen LogP) is 3.02. The molecule has 1 aromatic carbocycles. The second-order valence-corrected chi connectivity index (χ2v) is 3.77. The van der Waals surface area contributed by atoms with Gasteiger partial charge in [-0.15, -0.1) is 0 Å². The Bertz CT molecular complexity index is 338. The van der Waals surface area contributed by atoms with Crippen molar-refractivity contribution < 1.29 is 9.53 Å². The van der Waals surface area contributed by atoms with Crippen LogP contribution in [0.1, 0.15) is 11.1 Å². The van der Waals surface area contributed by atoms with Crippen LogP contribution in [0.15, 0.2) is 12.1 Å². The molecule has 0 heterocycles. The third-order valence-corrected chi connectivity index (χ3v) is 2.51. The van der Waals surface area contributed by atoms with Crippen LogP contribution in [0.2, 0.25) is 10.0 Å². The van der Waals surface area contributed by atoms with Gasteiger partial charge < -0.3 is 4.74 Å². The number of methoxy groups -OCH3 is 1. The van der Waals surface area contributed by atoms with Crippen molar-refractivity contribution in [3.63, 3.8) is 0 Å². The van der Waals surface area contributed by atoms with Crippen molar-refractivity contribution in [2.75, 3.05) is 7.11 Å². The number of carbonyl (C=O) groups is 1. The van der Waals surface area contributed by atoms with Gasteiger partial charge in [0.15, 0.2) is 0 Å². The van der Waals surface area contributed by atoms with Crippen LogP contribution in [0.4, 0.5) is 0 Å². The van der Waals surface area contributed by atoms with E-state index in [1.165, 1.54) is 7.11 Å². The molecule has 2 nitrogen and oxygen atoms in total. The topological polar surface area (TPSA) is 26.3 Å². The molecule has 4 heteroatoms. The van der Waals surface area contributed by atoms with Gasteiger partial charge in [-0.25, -0.2) is 0 Å². The van der Waals surface area contributed by atoms with Gasteiger partial charge in [-0.2, -0.15) is 0 Å². The molecule has 1 aromatic rings. The second-order valence-electron chi connectivity index (χ2n) is 2.96. The fourth-order valence-electron chi connectivity index (χ4n) is 1.12. The van der Waals surface area contributed by atoms with Gasteiger partial charge in [-0.1, -0.05) is 23.2 Å². The molecule has 0 fully saturated rings. The van der Waals surface area contributed by atoms with Gasteiger partial charge in [0, 0.05) is 15.6 Å². The van der Waals surface area contributed by atoms with Crippen molar-refractivity contribution in [3.05, 3.63) is 33.3 Å². The van der Waals surface area contributed by atoms with E-state index in [1.807, 2.05) is 6.92 Å². The van der Waals surface area contributed by atoms with Crippen LogP contribution in [-0.2, 0) is 16.0 Å². The third kappa shape index (κ3) is 2.63. The second kappa shape index (κ2) is 4.67. The van der Waals surface area contributed by atoms with Crippen molar-refractivity contribution in [2.45, 2.75) is 13.3 Å². The number of ether oxygens (including phenoxy) is 1. The molecule has 0 spiro atoms. The molecule has 14 heavy (non-hydrogen) atoms. The molecule has 76 valence electrons. The Morgan fingerprint density at radius 3 is 2.29 bits per heavy atom. The Morgan fingerprint density at radius 1 is 1.36 bits per heavy atom. The summed E-state index contributed by atoms with van der Waals surface area (Å²) < 4.78 is 4.54. The zero-order valence-corrected chi connectivity index (χ0v) is 9.45. The monoisotopic (exact) mass is 232 g/mol. The van der Waals surface area contributed by atoms with Crippen molar-refractivity contribution >= 4 is 29.2 Å². The first-order valence-corrected chi connectivity index (χ1v) is 4.81. The number of benzene rings is 1. The number of hydrogen-bond donors (Lipinski definition) is 0. The van der Waals surface area contributed by atoms with E-state index in [1.54, 1.807) is 12.1 Å². The lowest BCUT2D eigenvalue weighted by Gasteiger charge is -2.06. The minimum Gasteiger partial charge on any atom is -0.469 e. The zero-order chi connectivity index (χ0) is 10.7. The number of rotatable bonds is 2. The van der Waals surface area contributed by atoms with Crippen molar-refractivity contribution in [1.29, 1.82) is 0 Å². The van der Waals surface area contributed by atoms with Gasteiger partial charge in [-0.3, -0.25) is 4.79 Å². The molecule has 0 saturated heterocycles. The van der Waals surface area contributed by atoms with Crippen LogP contribution in [0, 0.1) is 6.92 Å². The van der Waals surface area contributed by atoms with Crippen LogP contribution >= 0.6 is 23.2 Å². The molecule has 0 aliphatic rings. The van der Waals surface area contributed by atoms with Crippen LogP contribution in [0.3, 0.4) is 0 Å². The first-order chi connectivity index (χ1) is 6.54. The van der Waals surface area contributed by atoms with E-state index in [4.69, 9.17) is 23.2 Å². The van der Waals surface area contributed by atoms with E-state index < -0.39 is 0 Å². The lowest BCUT2D eigenvalue weighted by Crippen LogP contribution is -2.05. The molecule has 0 saturated carbocycles. The lowest BCUT2D eigenvalue weighted by molar-refractivity contribution is -0.139. The molecule has 0 amide bonds. The Hall–Kier alpha value is -0.730. The standard InChI is InChI=1S/C10H10Cl2O2/c1-6-3-8(11)7(9(12)4-6)5-10(13)14-2/h3-4H,5H2,1-2H3. The molecule has 0 radical (unpaired) electrons. The Labute approximate surface area is 92.8 Å². The van der Waals surface area contributed by atoms with E-state index in [0.29, 0.717) is 15.6 Å². The summed E-state index contributed by atoms with van der Waals surface area (Å²) in [5, 5.41) is 1.00. The highest BCUT2D eigenvalue weighted by atomic mass is 35.5. The first kappa shape index (κ1) is 11.3. The summed E-state index contributed by atoms with van der Waals surface area (Å²) in [6.45, 7) is 1.89. The molecule has 0 aliphatic heterocycles. The minimum atomic E-state index is -0.349. The molecule has 1 rings (SSSR count). The third-order valence-electron chi connectivity index (χ3n) is 1.83. The number of carbonyl (C=O) groups excluding carboxylic acids is 1. The number of hydrogen-bond acceptors (Lipinski definition) is 2. The highest BCUT2D eigenvalue weighted by molar-refractivity contribution is 6.36. The molecular formula is C10H10Cl2O2. The maximum Gasteiger partial charge on any atom is 0.310 e. The minimum absolute atomic E-state index is 0.106. The van der Waals surface area contributed by atoms with E-state index >= 15 is 0 Å². The van der Waals surface area contributed by atoms with E-state index in [9.17, 15) is 4.79 Å². The van der Waals surface area contributed by atoms with E-state index in [0.717, 1.165) is 5.56 Å². The average molecular weight is 233 g/mol. The number of halogens is 2. The quantitative estimate of drug-likeness (QED) is 0.734. The zero-order valence-electron chi connectivity index (χ0n) is 7.93. The van der Waals surface area contributed by atoms with Gasteiger partial charge in [0.1, 0.15) is 0 Å². The summed E-state index contributed by atoms with van der Waals surface area (Å²) in [4.78, 5) is 11.0. The van der Waals surface area contributed by atoms with Gasteiger partial charge in [0.25, 0.3) is 0 Å². The summed E-state index contributed by atoms with van der Waals surface area (Å²) in [5.74, 6) is -0.349. The van der Waals surface area contributed by atoms with Gasteiger partial charge in [-0.05, 0) is 24.6 Å². The van der Waals surface area contributed by atoms with E-state index in [-0.39, 0.29) is 12.4 Å². The number of esters is 1. The van der Waals surface area contributed by atoms with Crippen LogP contribution < -0.4 is 0 Å². The summed E-state index contributed by atoms with van der Waals surface area (Å²) in [6, 6.07) is 3.54. The maximum absolute atomic E-state index is 11.0. The van der Waals surface area contributed by atoms with Gasteiger partial charge in [0.05, 0.1) is 13.5 Å². The molecule has 0 aromatic heterocycles. The summed E-state index contributed by atoms with van der Waals surface area (Å²) in [6.07, 6.45) is 0.106. The van der Waals surface area contributed by atoms with Crippen molar-refractivity contribution in [3.8, 4) is 0 Å². The maximum atomic E-state index is 11.0. The molecule has 0 aliphatic carbocycles. The SMILES string of the molecule is COC(=O)Cc1c(Cl)cc(C)cc1Cl. The normalized spacial score (nSPS) is 10.0. The molecular weight excluding hydrogens is 223 g/mol. The van der Waals surface area contributed by atoms with Gasteiger partial charge in [0.2, 0.25) is 0 Å². The molecule has 0 unspecified atom stereocenters. The Balaban J connectivity index is 3.02. The fraction of sp³-hybridized carbons (Fsp3) is 0.300. The largest absolute Gasteiger partial charge is 0.469 e. The van der Waals surface area contributed by atoms with E-state index in [2.05, 4.69) is 4.74 Å². The van der Waals surface area contributed by atoms with Crippen LogP contribution in [0.25, 0.3) is 0 Å². The Morgan fingerprint density at radius 2 is 1.86 bits per heavy atom. The lowest BCUT2D eigenvalue weighted by atomic mass is 10.1. The highest BCUT2D eigenvalue weighted by Crippen LogP contribution is 2.26. The summed E-state index contributed by atoms with van der Waals surface area (Å²) in [7, 11) is 1.33. The molecule has 0 N–H and O–H groups in total. The van der Waals surface area contributed by atoms with Crippen molar-refractivity contribution in [2.24, 2.45) is 0 Å². The molecule has 0 bridgehead atoms. The average Bonchev–Trinajstić information content (AvgIpc) is 2.10. The van der Waals surface area contributed by atoms with Crippen LogP contribution in [0.5, 0.6) is 0 Å². The predicted molar refractivity (Wildman–Crippen MR) is 56.9 cm³/mol.